The minimum absolute atomic E-state index is 0.624. The van der Waals surface area contributed by atoms with Crippen LogP contribution >= 0.6 is 0 Å². The van der Waals surface area contributed by atoms with Gasteiger partial charge in [-0.25, -0.2) is 15.0 Å². The van der Waals surface area contributed by atoms with Gasteiger partial charge in [-0.2, -0.15) is 0 Å². The van der Waals surface area contributed by atoms with Gasteiger partial charge in [0.15, 0.2) is 17.5 Å². The van der Waals surface area contributed by atoms with Crippen LogP contribution in [0.2, 0.25) is 6.55 Å². The van der Waals surface area contributed by atoms with E-state index in [1.807, 2.05) is 0 Å². The van der Waals surface area contributed by atoms with E-state index in [4.69, 9.17) is 15.0 Å². The minimum Gasteiger partial charge on any atom is -0.310 e. The van der Waals surface area contributed by atoms with Crippen LogP contribution in [0.15, 0.2) is 182 Å². The van der Waals surface area contributed by atoms with E-state index in [0.717, 1.165) is 44.5 Å². The van der Waals surface area contributed by atoms with Crippen molar-refractivity contribution >= 4 is 57.8 Å². The van der Waals surface area contributed by atoms with Crippen LogP contribution in [-0.4, -0.2) is 23.7 Å². The predicted molar refractivity (Wildman–Crippen MR) is 224 cm³/mol. The Hall–Kier alpha value is -6.69. The van der Waals surface area contributed by atoms with Gasteiger partial charge in [0.05, 0.1) is 5.69 Å². The summed E-state index contributed by atoms with van der Waals surface area (Å²) in [6, 6.07) is 64.7. The van der Waals surface area contributed by atoms with Crippen molar-refractivity contribution in [1.82, 2.24) is 15.0 Å². The molecule has 0 spiro atoms. The summed E-state index contributed by atoms with van der Waals surface area (Å²) < 4.78 is 0. The number of fused-ring (bicyclic) bond motifs is 5. The number of hydrogen-bond donors (Lipinski definition) is 0. The third kappa shape index (κ3) is 5.50. The first-order chi connectivity index (χ1) is 26.2. The summed E-state index contributed by atoms with van der Waals surface area (Å²) in [5, 5.41) is 7.63. The molecule has 1 aliphatic rings. The smallest absolute Gasteiger partial charge is 0.166 e. The lowest BCUT2D eigenvalue weighted by Crippen LogP contribution is -2.34. The fraction of sp³-hybridized carbons (Fsp3) is 0.0208. The molecule has 250 valence electrons. The molecule has 4 nitrogen and oxygen atoms in total. The van der Waals surface area contributed by atoms with Crippen LogP contribution < -0.4 is 15.3 Å². The highest BCUT2D eigenvalue weighted by Crippen LogP contribution is 2.41. The van der Waals surface area contributed by atoms with Crippen LogP contribution in [0.1, 0.15) is 0 Å². The van der Waals surface area contributed by atoms with Crippen LogP contribution in [0.25, 0.3) is 66.8 Å². The Labute approximate surface area is 310 Å². The van der Waals surface area contributed by atoms with E-state index in [0.29, 0.717) is 17.5 Å². The lowest BCUT2D eigenvalue weighted by molar-refractivity contribution is 1.07. The quantitative estimate of drug-likeness (QED) is 0.163. The normalized spacial score (nSPS) is 13.2. The summed E-state index contributed by atoms with van der Waals surface area (Å²) in [5.74, 6) is 1.90. The SMILES string of the molecule is C[SiH]1c2ccccc2-c2ccc(N(c3ccccc3)c3ccccc3-c3nc(-c4ccc5ccccc5c4)nc(-c4ccc5ccccc5c4)n3)cc21. The van der Waals surface area contributed by atoms with E-state index in [9.17, 15) is 0 Å². The highest BCUT2D eigenvalue weighted by molar-refractivity contribution is 6.88. The Morgan fingerprint density at radius 2 is 0.906 bits per heavy atom. The zero-order valence-electron chi connectivity index (χ0n) is 29.2. The van der Waals surface area contributed by atoms with Gasteiger partial charge in [-0.05, 0) is 86.4 Å². The molecule has 0 radical (unpaired) electrons. The van der Waals surface area contributed by atoms with Crippen molar-refractivity contribution in [2.75, 3.05) is 4.90 Å². The van der Waals surface area contributed by atoms with E-state index in [-0.39, 0.29) is 0 Å². The molecule has 0 fully saturated rings. The van der Waals surface area contributed by atoms with Crippen LogP contribution in [0, 0.1) is 0 Å². The fourth-order valence-electron chi connectivity index (χ4n) is 7.85. The standard InChI is InChI=1S/C48H34N4Si/c1-53-44-22-12-10-19-40(44)41-28-27-39(31-45(41)53)52(38-17-3-2-4-18-38)43-21-11-9-20-42(43)48-50-46(36-25-23-32-13-5-7-15-34(32)29-36)49-47(51-48)37-26-24-33-14-6-8-16-35(33)30-37/h2-31,53H,1H3. The van der Waals surface area contributed by atoms with Gasteiger partial charge in [-0.1, -0.05) is 145 Å². The molecular weight excluding hydrogens is 661 g/mol. The second kappa shape index (κ2) is 12.8. The van der Waals surface area contributed by atoms with Crippen molar-refractivity contribution < 1.29 is 0 Å². The molecule has 0 bridgehead atoms. The Balaban J connectivity index is 1.17. The summed E-state index contributed by atoms with van der Waals surface area (Å²) in [7, 11) is -1.35. The number of para-hydroxylation sites is 2. The fourth-order valence-corrected chi connectivity index (χ4v) is 10.4. The van der Waals surface area contributed by atoms with Crippen molar-refractivity contribution in [2.45, 2.75) is 6.55 Å². The molecule has 0 saturated carbocycles. The maximum absolute atomic E-state index is 5.25. The zero-order chi connectivity index (χ0) is 35.3. The first-order valence-corrected chi connectivity index (χ1v) is 20.4. The number of aromatic nitrogens is 3. The van der Waals surface area contributed by atoms with Gasteiger partial charge in [0.25, 0.3) is 0 Å². The largest absolute Gasteiger partial charge is 0.310 e. The van der Waals surface area contributed by atoms with Crippen molar-refractivity contribution in [2.24, 2.45) is 0 Å². The summed E-state index contributed by atoms with van der Waals surface area (Å²) >= 11 is 0. The molecule has 8 aromatic carbocycles. The molecule has 0 amide bonds. The molecule has 0 aliphatic carbocycles. The highest BCUT2D eigenvalue weighted by Gasteiger charge is 2.28. The summed E-state index contributed by atoms with van der Waals surface area (Å²) in [6.45, 7) is 2.45. The summed E-state index contributed by atoms with van der Waals surface area (Å²) in [5.41, 5.74) is 8.76. The molecule has 0 saturated heterocycles. The maximum atomic E-state index is 5.25. The van der Waals surface area contributed by atoms with Crippen molar-refractivity contribution in [3.63, 3.8) is 0 Å². The van der Waals surface area contributed by atoms with Crippen LogP contribution in [0.5, 0.6) is 0 Å². The number of nitrogens with zero attached hydrogens (tertiary/aromatic N) is 4. The number of rotatable bonds is 6. The first kappa shape index (κ1) is 31.1. The van der Waals surface area contributed by atoms with Gasteiger partial charge in [0, 0.05) is 28.1 Å². The monoisotopic (exact) mass is 694 g/mol. The van der Waals surface area contributed by atoms with Gasteiger partial charge in [-0.3, -0.25) is 0 Å². The molecule has 1 unspecified atom stereocenters. The molecule has 1 aliphatic heterocycles. The van der Waals surface area contributed by atoms with Crippen molar-refractivity contribution in [3.05, 3.63) is 182 Å². The van der Waals surface area contributed by atoms with Gasteiger partial charge in [-0.15, -0.1) is 0 Å². The lowest BCUT2D eigenvalue weighted by Gasteiger charge is -2.28. The van der Waals surface area contributed by atoms with E-state index >= 15 is 0 Å². The average Bonchev–Trinajstić information content (AvgIpc) is 3.51. The first-order valence-electron chi connectivity index (χ1n) is 18.1. The predicted octanol–water partition coefficient (Wildman–Crippen LogP) is 10.6. The van der Waals surface area contributed by atoms with E-state index in [1.54, 1.807) is 0 Å². The number of benzene rings is 8. The summed E-state index contributed by atoms with van der Waals surface area (Å²) in [4.78, 5) is 18.0. The van der Waals surface area contributed by atoms with Crippen LogP contribution in [0.3, 0.4) is 0 Å². The zero-order valence-corrected chi connectivity index (χ0v) is 30.3. The van der Waals surface area contributed by atoms with Crippen LogP contribution in [-0.2, 0) is 0 Å². The Morgan fingerprint density at radius 1 is 0.377 bits per heavy atom. The Kier molecular flexibility index (Phi) is 7.51. The number of hydrogen-bond acceptors (Lipinski definition) is 4. The third-order valence-electron chi connectivity index (χ3n) is 10.5. The van der Waals surface area contributed by atoms with E-state index in [1.165, 1.54) is 32.3 Å². The molecule has 1 aromatic heterocycles. The number of anilines is 3. The molecule has 53 heavy (non-hydrogen) atoms. The van der Waals surface area contributed by atoms with Gasteiger partial charge < -0.3 is 4.90 Å². The van der Waals surface area contributed by atoms with Crippen molar-refractivity contribution in [3.8, 4) is 45.3 Å². The Morgan fingerprint density at radius 3 is 1.58 bits per heavy atom. The molecule has 9 aromatic rings. The molecule has 1 atom stereocenters. The van der Waals surface area contributed by atoms with E-state index < -0.39 is 8.80 Å². The Bertz CT molecular complexity index is 2730. The second-order valence-corrected chi connectivity index (χ2v) is 16.4. The third-order valence-corrected chi connectivity index (χ3v) is 13.4. The second-order valence-electron chi connectivity index (χ2n) is 13.7. The molecule has 5 heteroatoms. The molecule has 0 N–H and O–H groups in total. The molecule has 2 heterocycles. The van der Waals surface area contributed by atoms with Crippen molar-refractivity contribution in [1.29, 1.82) is 0 Å². The van der Waals surface area contributed by atoms with Gasteiger partial charge in [0.2, 0.25) is 0 Å². The minimum atomic E-state index is -1.35. The molecular formula is C48H34N4Si. The lowest BCUT2D eigenvalue weighted by atomic mass is 10.0. The topological polar surface area (TPSA) is 41.9 Å². The van der Waals surface area contributed by atoms with Crippen LogP contribution in [0.4, 0.5) is 17.1 Å². The van der Waals surface area contributed by atoms with E-state index in [2.05, 4.69) is 193 Å². The maximum Gasteiger partial charge on any atom is 0.166 e. The van der Waals surface area contributed by atoms with Gasteiger partial charge >= 0.3 is 0 Å². The molecule has 10 rings (SSSR count). The average molecular weight is 695 g/mol. The highest BCUT2D eigenvalue weighted by atomic mass is 28.3. The summed E-state index contributed by atoms with van der Waals surface area (Å²) in [6.07, 6.45) is 0. The van der Waals surface area contributed by atoms with Gasteiger partial charge in [0.1, 0.15) is 8.80 Å².